The number of halogens is 3. The molecule has 1 aliphatic rings. The number of nitrogens with one attached hydrogen (secondary N) is 1. The predicted molar refractivity (Wildman–Crippen MR) is 81.1 cm³/mol. The molecule has 0 radical (unpaired) electrons. The highest BCUT2D eigenvalue weighted by molar-refractivity contribution is 5.97. The van der Waals surface area contributed by atoms with Crippen molar-refractivity contribution >= 4 is 17.5 Å². The van der Waals surface area contributed by atoms with Crippen molar-refractivity contribution in [1.29, 1.82) is 0 Å². The summed E-state index contributed by atoms with van der Waals surface area (Å²) in [6.07, 6.45) is -4.67. The van der Waals surface area contributed by atoms with Gasteiger partial charge in [-0.25, -0.2) is 0 Å². The molecule has 1 N–H and O–H groups in total. The van der Waals surface area contributed by atoms with Crippen LogP contribution in [0, 0.1) is 5.92 Å². The van der Waals surface area contributed by atoms with Crippen molar-refractivity contribution in [2.75, 3.05) is 25.0 Å². The van der Waals surface area contributed by atoms with E-state index in [0.717, 1.165) is 5.56 Å². The van der Waals surface area contributed by atoms with Crippen molar-refractivity contribution in [3.05, 3.63) is 29.8 Å². The Morgan fingerprint density at radius 2 is 2.17 bits per heavy atom. The first-order chi connectivity index (χ1) is 11.3. The van der Waals surface area contributed by atoms with E-state index in [2.05, 4.69) is 5.32 Å². The minimum absolute atomic E-state index is 0.208. The van der Waals surface area contributed by atoms with Gasteiger partial charge in [-0.2, -0.15) is 13.2 Å². The van der Waals surface area contributed by atoms with Crippen LogP contribution in [0.1, 0.15) is 18.9 Å². The van der Waals surface area contributed by atoms with Gasteiger partial charge in [-0.15, -0.1) is 0 Å². The molecule has 0 spiro atoms. The van der Waals surface area contributed by atoms with Crippen LogP contribution in [0.4, 0.5) is 18.9 Å². The van der Waals surface area contributed by atoms with E-state index in [9.17, 15) is 22.8 Å². The first-order valence-corrected chi connectivity index (χ1v) is 7.60. The van der Waals surface area contributed by atoms with E-state index >= 15 is 0 Å². The number of hydrogen-bond donors (Lipinski definition) is 1. The van der Waals surface area contributed by atoms with Crippen molar-refractivity contribution in [1.82, 2.24) is 4.90 Å². The number of benzene rings is 1. The number of carbonyl (C=O) groups excluding carboxylic acids is 2. The molecule has 1 aliphatic heterocycles. The van der Waals surface area contributed by atoms with E-state index in [1.807, 2.05) is 13.0 Å². The number of hydrogen-bond acceptors (Lipinski definition) is 3. The Hall–Kier alpha value is -2.09. The van der Waals surface area contributed by atoms with E-state index < -0.39 is 30.5 Å². The van der Waals surface area contributed by atoms with Crippen LogP contribution < -0.4 is 5.32 Å². The summed E-state index contributed by atoms with van der Waals surface area (Å²) < 4.78 is 42.5. The van der Waals surface area contributed by atoms with Gasteiger partial charge < -0.3 is 15.0 Å². The highest BCUT2D eigenvalue weighted by Gasteiger charge is 2.40. The maximum Gasteiger partial charge on any atom is 0.406 e. The Bertz CT molecular complexity index is 604. The normalized spacial score (nSPS) is 18.1. The highest BCUT2D eigenvalue weighted by Crippen LogP contribution is 2.25. The van der Waals surface area contributed by atoms with E-state index in [4.69, 9.17) is 4.74 Å². The molecule has 0 bridgehead atoms. The zero-order valence-electron chi connectivity index (χ0n) is 13.2. The van der Waals surface area contributed by atoms with Gasteiger partial charge in [0.15, 0.2) is 0 Å². The predicted octanol–water partition coefficient (Wildman–Crippen LogP) is 2.57. The van der Waals surface area contributed by atoms with Crippen LogP contribution in [0.25, 0.3) is 0 Å². The standard InChI is InChI=1S/C16H19F3N2O3/c1-2-24-9-11-4-3-5-13(6-11)20-15(23)12-7-14(22)21(8-12)10-16(17,18)19/h3-6,12H,2,7-10H2,1H3,(H,20,23)/t12-/m0/s1. The monoisotopic (exact) mass is 344 g/mol. The van der Waals surface area contributed by atoms with Gasteiger partial charge in [0.2, 0.25) is 11.8 Å². The number of rotatable bonds is 6. The van der Waals surface area contributed by atoms with Crippen molar-refractivity contribution in [2.45, 2.75) is 26.1 Å². The summed E-state index contributed by atoms with van der Waals surface area (Å²) in [6.45, 7) is 1.30. The molecule has 2 rings (SSSR count). The summed E-state index contributed by atoms with van der Waals surface area (Å²) in [4.78, 5) is 24.5. The van der Waals surface area contributed by atoms with Gasteiger partial charge >= 0.3 is 6.18 Å². The summed E-state index contributed by atoms with van der Waals surface area (Å²) in [7, 11) is 0. The molecule has 0 aromatic heterocycles. The van der Waals surface area contributed by atoms with E-state index in [1.54, 1.807) is 18.2 Å². The first-order valence-electron chi connectivity index (χ1n) is 7.60. The van der Waals surface area contributed by atoms with Crippen molar-refractivity contribution in [3.8, 4) is 0 Å². The molecule has 8 heteroatoms. The molecule has 132 valence electrons. The van der Waals surface area contributed by atoms with Crippen molar-refractivity contribution < 1.29 is 27.5 Å². The number of alkyl halides is 3. The van der Waals surface area contributed by atoms with Gasteiger partial charge in [-0.05, 0) is 24.6 Å². The second kappa shape index (κ2) is 7.65. The molecule has 1 aromatic rings. The van der Waals surface area contributed by atoms with E-state index in [-0.39, 0.29) is 13.0 Å². The maximum atomic E-state index is 12.4. The lowest BCUT2D eigenvalue weighted by molar-refractivity contribution is -0.157. The van der Waals surface area contributed by atoms with Gasteiger partial charge in [-0.1, -0.05) is 12.1 Å². The highest BCUT2D eigenvalue weighted by atomic mass is 19.4. The number of carbonyl (C=O) groups is 2. The zero-order valence-corrected chi connectivity index (χ0v) is 13.2. The lowest BCUT2D eigenvalue weighted by atomic mass is 10.1. The van der Waals surface area contributed by atoms with Crippen LogP contribution >= 0.6 is 0 Å². The van der Waals surface area contributed by atoms with Crippen LogP contribution in [0.2, 0.25) is 0 Å². The topological polar surface area (TPSA) is 58.6 Å². The molecular weight excluding hydrogens is 325 g/mol. The lowest BCUT2D eigenvalue weighted by Gasteiger charge is -2.18. The van der Waals surface area contributed by atoms with Crippen LogP contribution in [-0.2, 0) is 20.9 Å². The van der Waals surface area contributed by atoms with Gasteiger partial charge in [0.05, 0.1) is 12.5 Å². The molecule has 0 aliphatic carbocycles. The largest absolute Gasteiger partial charge is 0.406 e. The Labute approximate surface area is 137 Å². The molecule has 0 unspecified atom stereocenters. The van der Waals surface area contributed by atoms with Crippen LogP contribution in [0.15, 0.2) is 24.3 Å². The third-order valence-corrected chi connectivity index (χ3v) is 3.62. The van der Waals surface area contributed by atoms with E-state index in [0.29, 0.717) is 23.8 Å². The van der Waals surface area contributed by atoms with Crippen LogP contribution in [-0.4, -0.2) is 42.6 Å². The molecule has 1 atom stereocenters. The second-order valence-corrected chi connectivity index (χ2v) is 5.62. The minimum Gasteiger partial charge on any atom is -0.377 e. The van der Waals surface area contributed by atoms with Crippen LogP contribution in [0.3, 0.4) is 0 Å². The van der Waals surface area contributed by atoms with Crippen molar-refractivity contribution in [3.63, 3.8) is 0 Å². The molecule has 24 heavy (non-hydrogen) atoms. The molecule has 5 nitrogen and oxygen atoms in total. The average molecular weight is 344 g/mol. The maximum absolute atomic E-state index is 12.4. The minimum atomic E-state index is -4.46. The fourth-order valence-corrected chi connectivity index (χ4v) is 2.52. The Morgan fingerprint density at radius 1 is 1.42 bits per heavy atom. The summed E-state index contributed by atoms with van der Waals surface area (Å²) in [5.41, 5.74) is 1.40. The molecule has 1 aromatic carbocycles. The molecule has 1 saturated heterocycles. The molecule has 1 fully saturated rings. The Kier molecular flexibility index (Phi) is 5.82. The molecule has 0 saturated carbocycles. The Morgan fingerprint density at radius 3 is 2.83 bits per heavy atom. The molecule has 2 amide bonds. The third kappa shape index (κ3) is 5.23. The number of nitrogens with zero attached hydrogens (tertiary/aromatic N) is 1. The zero-order chi connectivity index (χ0) is 17.7. The summed E-state index contributed by atoms with van der Waals surface area (Å²) >= 11 is 0. The Balaban J connectivity index is 1.94. The average Bonchev–Trinajstić information content (AvgIpc) is 2.85. The van der Waals surface area contributed by atoms with Gasteiger partial charge in [0.1, 0.15) is 6.54 Å². The van der Waals surface area contributed by atoms with Crippen molar-refractivity contribution in [2.24, 2.45) is 5.92 Å². The van der Waals surface area contributed by atoms with Gasteiger partial charge in [0.25, 0.3) is 0 Å². The number of anilines is 1. The fraction of sp³-hybridized carbons (Fsp3) is 0.500. The SMILES string of the molecule is CCOCc1cccc(NC(=O)[C@H]2CC(=O)N(CC(F)(F)F)C2)c1. The van der Waals surface area contributed by atoms with Gasteiger partial charge in [0, 0.05) is 25.3 Å². The summed E-state index contributed by atoms with van der Waals surface area (Å²) in [5.74, 6) is -1.89. The number of ether oxygens (including phenoxy) is 1. The summed E-state index contributed by atoms with van der Waals surface area (Å²) in [5, 5.41) is 2.65. The molecule has 1 heterocycles. The third-order valence-electron chi connectivity index (χ3n) is 3.62. The first kappa shape index (κ1) is 18.3. The summed E-state index contributed by atoms with van der Waals surface area (Å²) in [6, 6.07) is 7.00. The number of amides is 2. The quantitative estimate of drug-likeness (QED) is 0.863. The van der Waals surface area contributed by atoms with Gasteiger partial charge in [-0.3, -0.25) is 9.59 Å². The smallest absolute Gasteiger partial charge is 0.377 e. The molecular formula is C16H19F3N2O3. The lowest BCUT2D eigenvalue weighted by Crippen LogP contribution is -2.36. The van der Waals surface area contributed by atoms with E-state index in [1.165, 1.54) is 0 Å². The number of likely N-dealkylation sites (tertiary alicyclic amines) is 1. The fourth-order valence-electron chi connectivity index (χ4n) is 2.52. The second-order valence-electron chi connectivity index (χ2n) is 5.62. The van der Waals surface area contributed by atoms with Crippen LogP contribution in [0.5, 0.6) is 0 Å².